The van der Waals surface area contributed by atoms with E-state index >= 15 is 0 Å². The van der Waals surface area contributed by atoms with E-state index in [9.17, 15) is 4.39 Å². The third kappa shape index (κ3) is 2.62. The molecule has 0 saturated heterocycles. The van der Waals surface area contributed by atoms with Crippen LogP contribution in [0.15, 0.2) is 41.0 Å². The van der Waals surface area contributed by atoms with Gasteiger partial charge in [-0.3, -0.25) is 0 Å². The first kappa shape index (κ1) is 12.4. The summed E-state index contributed by atoms with van der Waals surface area (Å²) in [7, 11) is 1.53. The van der Waals surface area contributed by atoms with E-state index < -0.39 is 0 Å². The number of methoxy groups -OCH3 is 1. The fourth-order valence-electron chi connectivity index (χ4n) is 1.67. The summed E-state index contributed by atoms with van der Waals surface area (Å²) < 4.78 is 24.0. The summed E-state index contributed by atoms with van der Waals surface area (Å²) in [4.78, 5) is 0. The van der Waals surface area contributed by atoms with Crippen molar-refractivity contribution in [2.24, 2.45) is 5.73 Å². The fourth-order valence-corrected chi connectivity index (χ4v) is 1.67. The molecule has 5 heteroatoms. The molecule has 0 saturated carbocycles. The van der Waals surface area contributed by atoms with Gasteiger partial charge in [0.05, 0.1) is 25.1 Å². The molecule has 3 N–H and O–H groups in total. The molecule has 0 aliphatic rings. The summed E-state index contributed by atoms with van der Waals surface area (Å²) >= 11 is 0. The van der Waals surface area contributed by atoms with Gasteiger partial charge in [0, 0.05) is 12.6 Å². The largest absolute Gasteiger partial charge is 0.497 e. The number of hydrogen-bond donors (Lipinski definition) is 2. The molecule has 0 aliphatic heterocycles. The molecular weight excluding hydrogens is 235 g/mol. The highest BCUT2D eigenvalue weighted by Gasteiger charge is 2.14. The zero-order valence-corrected chi connectivity index (χ0v) is 10.0. The van der Waals surface area contributed by atoms with Crippen molar-refractivity contribution in [1.29, 1.82) is 0 Å². The summed E-state index contributed by atoms with van der Waals surface area (Å²) in [6, 6.07) is 7.77. The van der Waals surface area contributed by atoms with Gasteiger partial charge in [-0.2, -0.15) is 0 Å². The van der Waals surface area contributed by atoms with Crippen molar-refractivity contribution in [3.05, 3.63) is 48.2 Å². The van der Waals surface area contributed by atoms with Crippen LogP contribution in [0.3, 0.4) is 0 Å². The molecule has 0 fully saturated rings. The summed E-state index contributed by atoms with van der Waals surface area (Å²) in [5, 5.41) is 3.00. The Morgan fingerprint density at radius 3 is 2.89 bits per heavy atom. The summed E-state index contributed by atoms with van der Waals surface area (Å²) in [5.41, 5.74) is 5.99. The lowest BCUT2D eigenvalue weighted by molar-refractivity contribution is 0.413. The lowest BCUT2D eigenvalue weighted by Gasteiger charge is -2.17. The van der Waals surface area contributed by atoms with Gasteiger partial charge in [-0.1, -0.05) is 0 Å². The maximum atomic E-state index is 13.7. The summed E-state index contributed by atoms with van der Waals surface area (Å²) in [5.74, 6) is 0.884. The summed E-state index contributed by atoms with van der Waals surface area (Å²) in [6.45, 7) is 0.296. The number of anilines is 1. The van der Waals surface area contributed by atoms with E-state index in [-0.39, 0.29) is 11.9 Å². The first-order valence-electron chi connectivity index (χ1n) is 5.58. The molecule has 1 atom stereocenters. The Morgan fingerprint density at radius 2 is 2.28 bits per heavy atom. The highest BCUT2D eigenvalue weighted by atomic mass is 19.1. The zero-order valence-electron chi connectivity index (χ0n) is 10.0. The second-order valence-corrected chi connectivity index (χ2v) is 3.79. The van der Waals surface area contributed by atoms with Gasteiger partial charge in [0.1, 0.15) is 17.3 Å². The van der Waals surface area contributed by atoms with Crippen LogP contribution >= 0.6 is 0 Å². The van der Waals surface area contributed by atoms with Gasteiger partial charge in [0.2, 0.25) is 0 Å². The van der Waals surface area contributed by atoms with Crippen molar-refractivity contribution in [2.75, 3.05) is 19.0 Å². The quantitative estimate of drug-likeness (QED) is 0.856. The SMILES string of the molecule is COc1ccc(F)c(NC(CN)c2ccco2)c1. The Morgan fingerprint density at radius 1 is 1.44 bits per heavy atom. The maximum Gasteiger partial charge on any atom is 0.146 e. The van der Waals surface area contributed by atoms with Gasteiger partial charge in [0.15, 0.2) is 0 Å². The van der Waals surface area contributed by atoms with Crippen molar-refractivity contribution in [3.8, 4) is 5.75 Å². The lowest BCUT2D eigenvalue weighted by Crippen LogP contribution is -2.20. The average molecular weight is 250 g/mol. The molecule has 1 aromatic carbocycles. The Labute approximate surface area is 105 Å². The first-order chi connectivity index (χ1) is 8.74. The molecule has 18 heavy (non-hydrogen) atoms. The molecule has 2 aromatic rings. The standard InChI is InChI=1S/C13H15FN2O2/c1-17-9-4-5-10(14)11(7-9)16-12(8-15)13-3-2-6-18-13/h2-7,12,16H,8,15H2,1H3. The molecule has 2 rings (SSSR count). The second kappa shape index (κ2) is 5.55. The number of nitrogens with two attached hydrogens (primary N) is 1. The van der Waals surface area contributed by atoms with Gasteiger partial charge < -0.3 is 20.2 Å². The van der Waals surface area contributed by atoms with Crippen LogP contribution in [0, 0.1) is 5.82 Å². The molecule has 0 spiro atoms. The van der Waals surface area contributed by atoms with Crippen LogP contribution in [-0.4, -0.2) is 13.7 Å². The van der Waals surface area contributed by atoms with Crippen molar-refractivity contribution in [3.63, 3.8) is 0 Å². The van der Waals surface area contributed by atoms with Crippen LogP contribution in [0.1, 0.15) is 11.8 Å². The number of rotatable bonds is 5. The van der Waals surface area contributed by atoms with Gasteiger partial charge in [0.25, 0.3) is 0 Å². The number of ether oxygens (including phenoxy) is 1. The predicted molar refractivity (Wildman–Crippen MR) is 67.1 cm³/mol. The molecule has 1 unspecified atom stereocenters. The Hall–Kier alpha value is -2.01. The van der Waals surface area contributed by atoms with E-state index in [4.69, 9.17) is 14.9 Å². The monoisotopic (exact) mass is 250 g/mol. The van der Waals surface area contributed by atoms with Gasteiger partial charge in [-0.05, 0) is 24.3 Å². The van der Waals surface area contributed by atoms with Gasteiger partial charge in [-0.25, -0.2) is 4.39 Å². The van der Waals surface area contributed by atoms with Crippen LogP contribution in [0.5, 0.6) is 5.75 Å². The molecule has 1 heterocycles. The predicted octanol–water partition coefficient (Wildman–Crippen LogP) is 2.54. The second-order valence-electron chi connectivity index (χ2n) is 3.79. The Kier molecular flexibility index (Phi) is 3.84. The van der Waals surface area contributed by atoms with Crippen LogP contribution in [0.4, 0.5) is 10.1 Å². The minimum absolute atomic E-state index is 0.276. The van der Waals surface area contributed by atoms with Crippen molar-refractivity contribution < 1.29 is 13.5 Å². The van der Waals surface area contributed by atoms with E-state index in [0.29, 0.717) is 23.7 Å². The molecule has 0 radical (unpaired) electrons. The van der Waals surface area contributed by atoms with Gasteiger partial charge in [-0.15, -0.1) is 0 Å². The van der Waals surface area contributed by atoms with E-state index in [0.717, 1.165) is 0 Å². The van der Waals surface area contributed by atoms with Crippen LogP contribution in [-0.2, 0) is 0 Å². The smallest absolute Gasteiger partial charge is 0.146 e. The summed E-state index contributed by atoms with van der Waals surface area (Å²) in [6.07, 6.45) is 1.56. The molecular formula is C13H15FN2O2. The molecule has 4 nitrogen and oxygen atoms in total. The van der Waals surface area contributed by atoms with Crippen LogP contribution in [0.25, 0.3) is 0 Å². The molecule has 0 bridgehead atoms. The normalized spacial score (nSPS) is 12.2. The average Bonchev–Trinajstić information content (AvgIpc) is 2.91. The Balaban J connectivity index is 2.21. The molecule has 0 aliphatic carbocycles. The van der Waals surface area contributed by atoms with E-state index in [2.05, 4.69) is 5.32 Å². The molecule has 1 aromatic heterocycles. The van der Waals surface area contributed by atoms with Crippen molar-refractivity contribution in [1.82, 2.24) is 0 Å². The number of halogens is 1. The van der Waals surface area contributed by atoms with Crippen LogP contribution in [0.2, 0.25) is 0 Å². The highest BCUT2D eigenvalue weighted by molar-refractivity contribution is 5.50. The zero-order chi connectivity index (χ0) is 13.0. The number of hydrogen-bond acceptors (Lipinski definition) is 4. The van der Waals surface area contributed by atoms with Gasteiger partial charge >= 0.3 is 0 Å². The van der Waals surface area contributed by atoms with E-state index in [1.54, 1.807) is 30.5 Å². The highest BCUT2D eigenvalue weighted by Crippen LogP contribution is 2.25. The lowest BCUT2D eigenvalue weighted by atomic mass is 10.2. The van der Waals surface area contributed by atoms with Crippen molar-refractivity contribution >= 4 is 5.69 Å². The van der Waals surface area contributed by atoms with E-state index in [1.165, 1.54) is 13.2 Å². The maximum absolute atomic E-state index is 13.7. The van der Waals surface area contributed by atoms with Crippen molar-refractivity contribution in [2.45, 2.75) is 6.04 Å². The Bertz CT molecular complexity index is 500. The fraction of sp³-hybridized carbons (Fsp3) is 0.231. The number of furan rings is 1. The minimum atomic E-state index is -0.360. The third-order valence-corrected chi connectivity index (χ3v) is 2.63. The van der Waals surface area contributed by atoms with Crippen LogP contribution < -0.4 is 15.8 Å². The first-order valence-corrected chi connectivity index (χ1v) is 5.58. The minimum Gasteiger partial charge on any atom is -0.497 e. The number of nitrogens with one attached hydrogen (secondary N) is 1. The molecule has 96 valence electrons. The van der Waals surface area contributed by atoms with E-state index in [1.807, 2.05) is 0 Å². The molecule has 0 amide bonds. The third-order valence-electron chi connectivity index (χ3n) is 2.63. The number of benzene rings is 1. The topological polar surface area (TPSA) is 60.4 Å².